The Morgan fingerprint density at radius 3 is 2.52 bits per heavy atom. The third-order valence-electron chi connectivity index (χ3n) is 8.01. The van der Waals surface area contributed by atoms with Crippen LogP contribution in [0, 0.1) is 12.8 Å². The van der Waals surface area contributed by atoms with Gasteiger partial charge >= 0.3 is 0 Å². The molecule has 0 aliphatic carbocycles. The smallest absolute Gasteiger partial charge is 0.230 e. The number of nitrogens with one attached hydrogen (secondary N) is 1. The fourth-order valence-electron chi connectivity index (χ4n) is 5.83. The van der Waals surface area contributed by atoms with Gasteiger partial charge in [-0.2, -0.15) is 0 Å². The summed E-state index contributed by atoms with van der Waals surface area (Å²) in [5.74, 6) is 3.22. The van der Waals surface area contributed by atoms with Crippen molar-refractivity contribution in [1.29, 1.82) is 0 Å². The molecule has 0 saturated carbocycles. The summed E-state index contributed by atoms with van der Waals surface area (Å²) in [6.45, 7) is 7.78. The Balaban J connectivity index is 1.07. The van der Waals surface area contributed by atoms with E-state index in [1.165, 1.54) is 19.2 Å². The summed E-state index contributed by atoms with van der Waals surface area (Å²) in [5.41, 5.74) is 2.90. The lowest BCUT2D eigenvalue weighted by atomic mass is 9.97. The number of hydrogen-bond acceptors (Lipinski definition) is 8. The Hall–Kier alpha value is -3.69. The molecule has 4 heterocycles. The van der Waals surface area contributed by atoms with E-state index in [-0.39, 0.29) is 0 Å². The van der Waals surface area contributed by atoms with Crippen LogP contribution in [-0.4, -0.2) is 83.5 Å². The maximum Gasteiger partial charge on any atom is 0.230 e. The van der Waals surface area contributed by atoms with Crippen LogP contribution in [0.3, 0.4) is 0 Å². The number of aryl methyl sites for hydroxylation is 1. The Morgan fingerprint density at radius 2 is 1.75 bits per heavy atom. The molecule has 0 radical (unpaired) electrons. The monoisotopic (exact) mass is 543 g/mol. The molecule has 2 aromatic heterocycles. The normalized spacial score (nSPS) is 17.1. The molecule has 9 heteroatoms. The Morgan fingerprint density at radius 1 is 0.975 bits per heavy atom. The molecule has 4 aromatic rings. The summed E-state index contributed by atoms with van der Waals surface area (Å²) in [7, 11) is 1.64. The van der Waals surface area contributed by atoms with Gasteiger partial charge in [-0.05, 0) is 95.0 Å². The van der Waals surface area contributed by atoms with E-state index in [1.54, 1.807) is 7.11 Å². The zero-order valence-corrected chi connectivity index (χ0v) is 23.3. The number of benzene rings is 2. The third-order valence-corrected chi connectivity index (χ3v) is 8.01. The molecule has 1 N–H and O–H groups in total. The topological polar surface area (TPSA) is 92.8 Å². The first kappa shape index (κ1) is 26.5. The molecule has 0 amide bonds. The van der Waals surface area contributed by atoms with Crippen molar-refractivity contribution >= 4 is 27.6 Å². The van der Waals surface area contributed by atoms with Gasteiger partial charge in [0.15, 0.2) is 17.3 Å². The van der Waals surface area contributed by atoms with Gasteiger partial charge in [0, 0.05) is 22.7 Å². The second kappa shape index (κ2) is 11.8. The number of Topliss-reactive ketones (excluding diaryl/α,β-unsaturated/α-hetero) is 1. The molecule has 2 aromatic carbocycles. The largest absolute Gasteiger partial charge is 0.493 e. The number of methoxy groups -OCH3 is 1. The minimum atomic E-state index is 0.336. The third kappa shape index (κ3) is 6.05. The standard InChI is InChI=1S/C31H37N5O4/c1-21-13-23-14-25(5-6-27(23)34-21)40-31-26-15-29(38-2)30(16-28(26)32-20-33-31)39-19-22-7-11-36(12-8-22)18-24(37)17-35-9-3-4-10-35/h5-6,13-16,20,22,34H,3-4,7-12,17-19H2,1-2H3. The maximum atomic E-state index is 12.5. The number of aromatic amines is 1. The van der Waals surface area contributed by atoms with Gasteiger partial charge in [0.25, 0.3) is 0 Å². The molecular formula is C31H37N5O4. The fraction of sp³-hybridized carbons (Fsp3) is 0.452. The number of nitrogens with zero attached hydrogens (tertiary/aromatic N) is 4. The predicted molar refractivity (Wildman–Crippen MR) is 155 cm³/mol. The highest BCUT2D eigenvalue weighted by Gasteiger charge is 2.23. The van der Waals surface area contributed by atoms with E-state index >= 15 is 0 Å². The van der Waals surface area contributed by atoms with E-state index in [4.69, 9.17) is 14.2 Å². The van der Waals surface area contributed by atoms with Gasteiger partial charge < -0.3 is 19.2 Å². The average molecular weight is 544 g/mol. The van der Waals surface area contributed by atoms with Crippen LogP contribution >= 0.6 is 0 Å². The van der Waals surface area contributed by atoms with Crippen molar-refractivity contribution in [3.8, 4) is 23.1 Å². The second-order valence-corrected chi connectivity index (χ2v) is 11.1. The lowest BCUT2D eigenvalue weighted by molar-refractivity contribution is -0.121. The predicted octanol–water partition coefficient (Wildman–Crippen LogP) is 4.98. The van der Waals surface area contributed by atoms with E-state index in [0.29, 0.717) is 54.5 Å². The molecule has 6 rings (SSSR count). The van der Waals surface area contributed by atoms with Crippen molar-refractivity contribution < 1.29 is 19.0 Å². The Kier molecular flexibility index (Phi) is 7.84. The lowest BCUT2D eigenvalue weighted by Gasteiger charge is -2.31. The van der Waals surface area contributed by atoms with Crippen LogP contribution in [-0.2, 0) is 4.79 Å². The number of H-pyrrole nitrogens is 1. The minimum absolute atomic E-state index is 0.336. The summed E-state index contributed by atoms with van der Waals surface area (Å²) in [6, 6.07) is 11.8. The van der Waals surface area contributed by atoms with Gasteiger partial charge in [0.2, 0.25) is 5.88 Å². The van der Waals surface area contributed by atoms with E-state index in [2.05, 4.69) is 30.8 Å². The quantitative estimate of drug-likeness (QED) is 0.300. The number of fused-ring (bicyclic) bond motifs is 2. The second-order valence-electron chi connectivity index (χ2n) is 11.1. The van der Waals surface area contributed by atoms with Crippen molar-refractivity contribution in [2.45, 2.75) is 32.6 Å². The fourth-order valence-corrected chi connectivity index (χ4v) is 5.83. The van der Waals surface area contributed by atoms with Gasteiger partial charge in [-0.1, -0.05) is 0 Å². The summed E-state index contributed by atoms with van der Waals surface area (Å²) in [5, 5.41) is 1.84. The number of piperidine rings is 1. The molecule has 2 aliphatic heterocycles. The Labute approximate surface area is 234 Å². The number of carbonyl (C=O) groups excluding carboxylic acids is 1. The van der Waals surface area contributed by atoms with E-state index in [0.717, 1.165) is 66.5 Å². The van der Waals surface area contributed by atoms with Crippen molar-refractivity contribution in [3.63, 3.8) is 0 Å². The SMILES string of the molecule is COc1cc2c(Oc3ccc4[nH]c(C)cc4c3)ncnc2cc1OCC1CCN(CC(=O)CN2CCCC2)CC1. The summed E-state index contributed by atoms with van der Waals surface area (Å²) in [4.78, 5) is 29.2. The van der Waals surface area contributed by atoms with Gasteiger partial charge in [0.1, 0.15) is 12.1 Å². The summed E-state index contributed by atoms with van der Waals surface area (Å²) < 4.78 is 18.1. The van der Waals surface area contributed by atoms with E-state index in [1.807, 2.05) is 37.3 Å². The van der Waals surface area contributed by atoms with Gasteiger partial charge in [-0.3, -0.25) is 14.6 Å². The van der Waals surface area contributed by atoms with Crippen molar-refractivity contribution in [2.24, 2.45) is 5.92 Å². The number of ketones is 1. The Bertz CT molecular complexity index is 1490. The molecule has 9 nitrogen and oxygen atoms in total. The number of rotatable bonds is 10. The molecule has 0 spiro atoms. The zero-order valence-electron chi connectivity index (χ0n) is 23.3. The molecule has 2 aliphatic rings. The first-order valence-electron chi connectivity index (χ1n) is 14.2. The number of likely N-dealkylation sites (tertiary alicyclic amines) is 2. The maximum absolute atomic E-state index is 12.5. The van der Waals surface area contributed by atoms with E-state index < -0.39 is 0 Å². The first-order chi connectivity index (χ1) is 19.5. The highest BCUT2D eigenvalue weighted by molar-refractivity contribution is 5.87. The van der Waals surface area contributed by atoms with Crippen LogP contribution in [0.2, 0.25) is 0 Å². The van der Waals surface area contributed by atoms with Gasteiger partial charge in [-0.25, -0.2) is 9.97 Å². The van der Waals surface area contributed by atoms with Crippen LogP contribution in [0.15, 0.2) is 42.7 Å². The zero-order chi connectivity index (χ0) is 27.5. The average Bonchev–Trinajstić information content (AvgIpc) is 3.60. The van der Waals surface area contributed by atoms with Crippen molar-refractivity contribution in [2.75, 3.05) is 53.0 Å². The number of ether oxygens (including phenoxy) is 3. The summed E-state index contributed by atoms with van der Waals surface area (Å²) in [6.07, 6.45) is 5.96. The van der Waals surface area contributed by atoms with Crippen molar-refractivity contribution in [1.82, 2.24) is 24.8 Å². The van der Waals surface area contributed by atoms with Crippen LogP contribution in [0.25, 0.3) is 21.8 Å². The molecule has 2 fully saturated rings. The summed E-state index contributed by atoms with van der Waals surface area (Å²) >= 11 is 0. The number of hydrogen-bond donors (Lipinski definition) is 1. The molecule has 40 heavy (non-hydrogen) atoms. The molecule has 0 unspecified atom stereocenters. The number of carbonyl (C=O) groups is 1. The van der Waals surface area contributed by atoms with Crippen LogP contribution in [0.5, 0.6) is 23.1 Å². The van der Waals surface area contributed by atoms with Crippen LogP contribution in [0.4, 0.5) is 0 Å². The molecule has 210 valence electrons. The van der Waals surface area contributed by atoms with Crippen LogP contribution in [0.1, 0.15) is 31.4 Å². The highest BCUT2D eigenvalue weighted by atomic mass is 16.5. The van der Waals surface area contributed by atoms with Gasteiger partial charge in [0.05, 0.1) is 37.7 Å². The highest BCUT2D eigenvalue weighted by Crippen LogP contribution is 2.37. The van der Waals surface area contributed by atoms with Crippen LogP contribution < -0.4 is 14.2 Å². The first-order valence-corrected chi connectivity index (χ1v) is 14.2. The molecule has 0 bridgehead atoms. The van der Waals surface area contributed by atoms with Crippen molar-refractivity contribution in [3.05, 3.63) is 48.4 Å². The molecule has 0 atom stereocenters. The number of aromatic nitrogens is 3. The van der Waals surface area contributed by atoms with E-state index in [9.17, 15) is 4.79 Å². The van der Waals surface area contributed by atoms with Gasteiger partial charge in [-0.15, -0.1) is 0 Å². The molecule has 2 saturated heterocycles. The molecular weight excluding hydrogens is 506 g/mol. The lowest BCUT2D eigenvalue weighted by Crippen LogP contribution is -2.41. The minimum Gasteiger partial charge on any atom is -0.493 e.